The average molecular weight is 417 g/mol. The van der Waals surface area contributed by atoms with Crippen molar-refractivity contribution >= 4 is 23.2 Å². The number of ether oxygens (including phenoxy) is 1. The number of carbonyl (C=O) groups is 1. The molecular formula is C25H21ClN2O2. The summed E-state index contributed by atoms with van der Waals surface area (Å²) in [6, 6.07) is 21.1. The van der Waals surface area contributed by atoms with Crippen LogP contribution in [0.1, 0.15) is 34.6 Å². The zero-order chi connectivity index (χ0) is 21.3. The van der Waals surface area contributed by atoms with Crippen molar-refractivity contribution in [2.75, 3.05) is 11.4 Å². The number of halogens is 1. The van der Waals surface area contributed by atoms with Gasteiger partial charge in [0.2, 0.25) is 5.91 Å². The second-order valence-electron chi connectivity index (χ2n) is 7.64. The van der Waals surface area contributed by atoms with Crippen LogP contribution in [-0.4, -0.2) is 12.5 Å². The van der Waals surface area contributed by atoms with Gasteiger partial charge in [0.1, 0.15) is 17.6 Å². The van der Waals surface area contributed by atoms with E-state index in [2.05, 4.69) is 6.07 Å². The topological polar surface area (TPSA) is 53.3 Å². The molecule has 0 saturated carbocycles. The zero-order valence-corrected chi connectivity index (χ0v) is 17.6. The maximum Gasteiger partial charge on any atom is 0.227 e. The lowest BCUT2D eigenvalue weighted by atomic mass is 9.97. The summed E-state index contributed by atoms with van der Waals surface area (Å²) in [6.45, 7) is 4.52. The van der Waals surface area contributed by atoms with Crippen LogP contribution in [0.5, 0.6) is 11.5 Å². The molecule has 0 bridgehead atoms. The van der Waals surface area contributed by atoms with Gasteiger partial charge in [0.15, 0.2) is 0 Å². The van der Waals surface area contributed by atoms with Gasteiger partial charge in [-0.3, -0.25) is 4.79 Å². The normalized spacial score (nSPS) is 15.9. The Morgan fingerprint density at radius 1 is 1.00 bits per heavy atom. The molecule has 4 rings (SSSR count). The zero-order valence-electron chi connectivity index (χ0n) is 16.9. The standard InChI is InChI=1S/C25H21ClN2O2/c1-16-3-7-21(8-4-16)28-15-19(12-25(28)29)22-9-6-20(26)13-24(22)30-23-10-5-17(2)11-18(23)14-27/h3-11,13,19H,12,15H2,1-2H3. The Morgan fingerprint density at radius 3 is 2.47 bits per heavy atom. The molecule has 0 N–H and O–H groups in total. The SMILES string of the molecule is Cc1ccc(N2CC(c3ccc(Cl)cc3Oc3ccc(C)cc3C#N)CC2=O)cc1. The number of nitriles is 1. The van der Waals surface area contributed by atoms with Crippen LogP contribution in [0.3, 0.4) is 0 Å². The van der Waals surface area contributed by atoms with Gasteiger partial charge < -0.3 is 9.64 Å². The molecule has 1 fully saturated rings. The van der Waals surface area contributed by atoms with E-state index in [4.69, 9.17) is 16.3 Å². The molecule has 1 saturated heterocycles. The highest BCUT2D eigenvalue weighted by atomic mass is 35.5. The smallest absolute Gasteiger partial charge is 0.227 e. The minimum Gasteiger partial charge on any atom is -0.456 e. The van der Waals surface area contributed by atoms with Gasteiger partial charge in [-0.05, 0) is 55.8 Å². The largest absolute Gasteiger partial charge is 0.456 e. The molecule has 4 nitrogen and oxygen atoms in total. The molecule has 1 amide bonds. The number of carbonyl (C=O) groups excluding carboxylic acids is 1. The third-order valence-corrected chi connectivity index (χ3v) is 5.60. The van der Waals surface area contributed by atoms with Crippen LogP contribution in [0.15, 0.2) is 60.7 Å². The molecule has 0 aliphatic carbocycles. The molecule has 0 radical (unpaired) electrons. The van der Waals surface area contributed by atoms with E-state index in [1.54, 1.807) is 18.2 Å². The summed E-state index contributed by atoms with van der Waals surface area (Å²) in [5, 5.41) is 10.0. The van der Waals surface area contributed by atoms with Crippen LogP contribution in [-0.2, 0) is 4.79 Å². The Kier molecular flexibility index (Phi) is 5.48. The van der Waals surface area contributed by atoms with E-state index in [0.29, 0.717) is 35.1 Å². The van der Waals surface area contributed by atoms with Gasteiger partial charge in [-0.25, -0.2) is 0 Å². The number of hydrogen-bond donors (Lipinski definition) is 0. The number of aryl methyl sites for hydroxylation is 2. The van der Waals surface area contributed by atoms with E-state index in [0.717, 1.165) is 22.4 Å². The van der Waals surface area contributed by atoms with Crippen LogP contribution >= 0.6 is 11.6 Å². The van der Waals surface area contributed by atoms with Gasteiger partial charge in [0.05, 0.1) is 5.56 Å². The number of amides is 1. The molecule has 1 atom stereocenters. The van der Waals surface area contributed by atoms with Crippen molar-refractivity contribution in [3.63, 3.8) is 0 Å². The maximum atomic E-state index is 12.7. The van der Waals surface area contributed by atoms with E-state index in [9.17, 15) is 10.1 Å². The van der Waals surface area contributed by atoms with Gasteiger partial charge in [-0.2, -0.15) is 5.26 Å². The molecule has 0 spiro atoms. The lowest BCUT2D eigenvalue weighted by Gasteiger charge is -2.19. The van der Waals surface area contributed by atoms with Crippen molar-refractivity contribution in [3.8, 4) is 17.6 Å². The quantitative estimate of drug-likeness (QED) is 0.513. The summed E-state index contributed by atoms with van der Waals surface area (Å²) < 4.78 is 6.13. The van der Waals surface area contributed by atoms with E-state index < -0.39 is 0 Å². The predicted molar refractivity (Wildman–Crippen MR) is 118 cm³/mol. The van der Waals surface area contributed by atoms with Crippen LogP contribution in [0, 0.1) is 25.2 Å². The van der Waals surface area contributed by atoms with Crippen molar-refractivity contribution in [2.24, 2.45) is 0 Å². The lowest BCUT2D eigenvalue weighted by Crippen LogP contribution is -2.24. The first-order valence-electron chi connectivity index (χ1n) is 9.79. The first-order valence-corrected chi connectivity index (χ1v) is 10.2. The van der Waals surface area contributed by atoms with Crippen LogP contribution in [0.4, 0.5) is 5.69 Å². The minimum atomic E-state index is -0.0259. The fraction of sp³-hybridized carbons (Fsp3) is 0.200. The first kappa shape index (κ1) is 20.0. The summed E-state index contributed by atoms with van der Waals surface area (Å²) >= 11 is 6.23. The van der Waals surface area contributed by atoms with Crippen LogP contribution in [0.25, 0.3) is 0 Å². The van der Waals surface area contributed by atoms with Crippen LogP contribution in [0.2, 0.25) is 5.02 Å². The Balaban J connectivity index is 1.65. The molecule has 0 aromatic heterocycles. The number of benzene rings is 3. The average Bonchev–Trinajstić information content (AvgIpc) is 3.11. The fourth-order valence-electron chi connectivity index (χ4n) is 3.76. The third-order valence-electron chi connectivity index (χ3n) is 5.36. The van der Waals surface area contributed by atoms with Crippen molar-refractivity contribution in [2.45, 2.75) is 26.2 Å². The van der Waals surface area contributed by atoms with E-state index >= 15 is 0 Å². The van der Waals surface area contributed by atoms with Gasteiger partial charge >= 0.3 is 0 Å². The van der Waals surface area contributed by atoms with Gasteiger partial charge in [0, 0.05) is 35.2 Å². The highest BCUT2D eigenvalue weighted by molar-refractivity contribution is 6.30. The molecule has 1 aliphatic rings. The van der Waals surface area contributed by atoms with E-state index in [1.165, 1.54) is 0 Å². The molecule has 1 aliphatic heterocycles. The maximum absolute atomic E-state index is 12.7. The van der Waals surface area contributed by atoms with Gasteiger partial charge in [-0.1, -0.05) is 41.4 Å². The molecule has 1 unspecified atom stereocenters. The first-order chi connectivity index (χ1) is 14.4. The van der Waals surface area contributed by atoms with Crippen molar-refractivity contribution in [1.29, 1.82) is 5.26 Å². The molecule has 150 valence electrons. The van der Waals surface area contributed by atoms with Gasteiger partial charge in [0.25, 0.3) is 0 Å². The lowest BCUT2D eigenvalue weighted by molar-refractivity contribution is -0.117. The summed E-state index contributed by atoms with van der Waals surface area (Å²) in [5.41, 5.74) is 4.41. The Morgan fingerprint density at radius 2 is 1.73 bits per heavy atom. The summed E-state index contributed by atoms with van der Waals surface area (Å²) in [4.78, 5) is 14.5. The number of nitrogens with zero attached hydrogens (tertiary/aromatic N) is 2. The minimum absolute atomic E-state index is 0.0259. The summed E-state index contributed by atoms with van der Waals surface area (Å²) in [5.74, 6) is 1.11. The number of rotatable bonds is 4. The third kappa shape index (κ3) is 4.03. The Hall–Kier alpha value is -3.29. The highest BCUT2D eigenvalue weighted by Gasteiger charge is 2.33. The monoisotopic (exact) mass is 416 g/mol. The van der Waals surface area contributed by atoms with Crippen molar-refractivity contribution < 1.29 is 9.53 Å². The molecular weight excluding hydrogens is 396 g/mol. The van der Waals surface area contributed by atoms with E-state index in [1.807, 2.05) is 61.2 Å². The molecule has 30 heavy (non-hydrogen) atoms. The Labute approximate surface area is 181 Å². The molecule has 3 aromatic rings. The molecule has 3 aromatic carbocycles. The van der Waals surface area contributed by atoms with Crippen molar-refractivity contribution in [1.82, 2.24) is 0 Å². The summed E-state index contributed by atoms with van der Waals surface area (Å²) in [6.07, 6.45) is 0.394. The molecule has 1 heterocycles. The summed E-state index contributed by atoms with van der Waals surface area (Å²) in [7, 11) is 0. The van der Waals surface area contributed by atoms with Crippen LogP contribution < -0.4 is 9.64 Å². The number of anilines is 1. The predicted octanol–water partition coefficient (Wildman–Crippen LogP) is 6.14. The molecule has 5 heteroatoms. The number of hydrogen-bond acceptors (Lipinski definition) is 3. The fourth-order valence-corrected chi connectivity index (χ4v) is 3.92. The Bertz CT molecular complexity index is 1150. The van der Waals surface area contributed by atoms with Crippen molar-refractivity contribution in [3.05, 3.63) is 87.9 Å². The van der Waals surface area contributed by atoms with Gasteiger partial charge in [-0.15, -0.1) is 0 Å². The second-order valence-corrected chi connectivity index (χ2v) is 8.07. The highest BCUT2D eigenvalue weighted by Crippen LogP contribution is 2.39. The second kappa shape index (κ2) is 8.22. The van der Waals surface area contributed by atoms with E-state index in [-0.39, 0.29) is 11.8 Å².